The summed E-state index contributed by atoms with van der Waals surface area (Å²) in [5.41, 5.74) is 2.72. The summed E-state index contributed by atoms with van der Waals surface area (Å²) >= 11 is 1.29. The Morgan fingerprint density at radius 1 is 1.09 bits per heavy atom. The van der Waals surface area contributed by atoms with Gasteiger partial charge in [0.05, 0.1) is 11.4 Å². The Kier molecular flexibility index (Phi) is 6.15. The van der Waals surface area contributed by atoms with E-state index in [0.717, 1.165) is 25.9 Å². The maximum atomic E-state index is 13.1. The number of thiazole rings is 1. The third-order valence-electron chi connectivity index (χ3n) is 5.93. The maximum absolute atomic E-state index is 13.1. The molecule has 8 nitrogen and oxygen atoms in total. The molecule has 1 aliphatic heterocycles. The average molecular weight is 487 g/mol. The molecule has 33 heavy (non-hydrogen) atoms. The van der Waals surface area contributed by atoms with Gasteiger partial charge in [-0.15, -0.1) is 11.3 Å². The lowest BCUT2D eigenvalue weighted by Gasteiger charge is -2.13. The number of rotatable bonds is 6. The summed E-state index contributed by atoms with van der Waals surface area (Å²) in [6.07, 6.45) is 2.03. The molecule has 174 valence electrons. The Morgan fingerprint density at radius 3 is 2.33 bits per heavy atom. The Hall–Kier alpha value is -2.98. The molecule has 10 heteroatoms. The van der Waals surface area contributed by atoms with Crippen LogP contribution in [0.1, 0.15) is 51.2 Å². The first-order chi connectivity index (χ1) is 15.6. The van der Waals surface area contributed by atoms with Crippen LogP contribution in [0, 0.1) is 13.8 Å². The highest BCUT2D eigenvalue weighted by atomic mass is 32.2. The highest BCUT2D eigenvalue weighted by Gasteiger charge is 2.27. The zero-order valence-electron chi connectivity index (χ0n) is 19.0. The molecular weight excluding hydrogens is 460 g/mol. The molecule has 0 saturated carbocycles. The van der Waals surface area contributed by atoms with E-state index in [-0.39, 0.29) is 16.6 Å². The first-order valence-corrected chi connectivity index (χ1v) is 13.0. The van der Waals surface area contributed by atoms with Gasteiger partial charge in [-0.25, -0.2) is 13.4 Å². The van der Waals surface area contributed by atoms with E-state index in [1.807, 2.05) is 11.8 Å². The van der Waals surface area contributed by atoms with Crippen molar-refractivity contribution in [3.63, 3.8) is 0 Å². The van der Waals surface area contributed by atoms with Crippen LogP contribution in [0.2, 0.25) is 0 Å². The summed E-state index contributed by atoms with van der Waals surface area (Å²) in [6.45, 7) is 6.52. The standard InChI is InChI=1S/C23H26N4O4S2/c1-14-21(23(29)27-11-5-6-12-27)32-22(24-14)19-13-20(15(2)26(19)4)33(30,31)25-18-9-7-17(8-10-18)16(3)28/h7-10,13,25H,5-6,11-12H2,1-4H3. The zero-order valence-corrected chi connectivity index (χ0v) is 20.6. The van der Waals surface area contributed by atoms with Crippen LogP contribution in [0.4, 0.5) is 5.69 Å². The Bertz CT molecular complexity index is 1330. The fourth-order valence-corrected chi connectivity index (χ4v) is 6.34. The average Bonchev–Trinajstić information content (AvgIpc) is 3.49. The second kappa shape index (κ2) is 8.75. The van der Waals surface area contributed by atoms with Crippen molar-refractivity contribution in [1.82, 2.24) is 14.5 Å². The maximum Gasteiger partial charge on any atom is 0.265 e. The number of nitrogens with zero attached hydrogens (tertiary/aromatic N) is 3. The number of hydrogen-bond acceptors (Lipinski definition) is 6. The molecule has 1 amide bonds. The molecule has 1 aliphatic rings. The minimum absolute atomic E-state index is 0.0109. The molecule has 4 rings (SSSR count). The lowest BCUT2D eigenvalue weighted by atomic mass is 10.1. The number of carbonyl (C=O) groups is 2. The van der Waals surface area contributed by atoms with E-state index >= 15 is 0 Å². The van der Waals surface area contributed by atoms with Gasteiger partial charge in [-0.3, -0.25) is 14.3 Å². The van der Waals surface area contributed by atoms with Gasteiger partial charge in [0.15, 0.2) is 5.78 Å². The highest BCUT2D eigenvalue weighted by Crippen LogP contribution is 2.33. The van der Waals surface area contributed by atoms with E-state index in [4.69, 9.17) is 0 Å². The van der Waals surface area contributed by atoms with Crippen molar-refractivity contribution in [2.75, 3.05) is 17.8 Å². The summed E-state index contributed by atoms with van der Waals surface area (Å²) < 4.78 is 30.6. The third kappa shape index (κ3) is 4.45. The lowest BCUT2D eigenvalue weighted by Crippen LogP contribution is -2.27. The van der Waals surface area contributed by atoms with E-state index in [1.54, 1.807) is 48.9 Å². The van der Waals surface area contributed by atoms with Gasteiger partial charge >= 0.3 is 0 Å². The number of hydrogen-bond donors (Lipinski definition) is 1. The number of aromatic nitrogens is 2. The number of carbonyl (C=O) groups excluding carboxylic acids is 2. The highest BCUT2D eigenvalue weighted by molar-refractivity contribution is 7.92. The van der Waals surface area contributed by atoms with Crippen LogP contribution >= 0.6 is 11.3 Å². The largest absolute Gasteiger partial charge is 0.345 e. The van der Waals surface area contributed by atoms with Crippen molar-refractivity contribution in [2.24, 2.45) is 7.05 Å². The molecule has 3 heterocycles. The molecule has 3 aromatic rings. The van der Waals surface area contributed by atoms with E-state index in [2.05, 4.69) is 9.71 Å². The number of sulfonamides is 1. The Labute approximate surface area is 197 Å². The van der Waals surface area contributed by atoms with Crippen molar-refractivity contribution in [1.29, 1.82) is 0 Å². The molecule has 0 unspecified atom stereocenters. The van der Waals surface area contributed by atoms with E-state index in [1.165, 1.54) is 18.3 Å². The van der Waals surface area contributed by atoms with E-state index < -0.39 is 10.0 Å². The zero-order chi connectivity index (χ0) is 23.9. The first-order valence-electron chi connectivity index (χ1n) is 10.7. The molecular formula is C23H26N4O4S2. The van der Waals surface area contributed by atoms with Gasteiger partial charge in [0.1, 0.15) is 14.8 Å². The molecule has 0 aliphatic carbocycles. The number of anilines is 1. The lowest BCUT2D eigenvalue weighted by molar-refractivity contribution is 0.0796. The number of Topliss-reactive ketones (excluding diaryl/α,β-unsaturated/α-hetero) is 1. The second-order valence-electron chi connectivity index (χ2n) is 8.21. The first kappa shape index (κ1) is 23.2. The van der Waals surface area contributed by atoms with Gasteiger partial charge < -0.3 is 9.47 Å². The van der Waals surface area contributed by atoms with Crippen LogP contribution in [0.5, 0.6) is 0 Å². The fraction of sp³-hybridized carbons (Fsp3) is 0.348. The van der Waals surface area contributed by atoms with Gasteiger partial charge in [0, 0.05) is 37.1 Å². The molecule has 1 aromatic carbocycles. The molecule has 1 saturated heterocycles. The van der Waals surface area contributed by atoms with Crippen molar-refractivity contribution in [2.45, 2.75) is 38.5 Å². The molecule has 1 N–H and O–H groups in total. The topological polar surface area (TPSA) is 101 Å². The minimum Gasteiger partial charge on any atom is -0.345 e. The smallest absolute Gasteiger partial charge is 0.265 e. The summed E-state index contributed by atoms with van der Waals surface area (Å²) in [6, 6.07) is 7.88. The van der Waals surface area contributed by atoms with Gasteiger partial charge in [0.25, 0.3) is 15.9 Å². The van der Waals surface area contributed by atoms with Crippen molar-refractivity contribution < 1.29 is 18.0 Å². The van der Waals surface area contributed by atoms with Gasteiger partial charge in [-0.2, -0.15) is 0 Å². The van der Waals surface area contributed by atoms with Crippen LogP contribution in [0.15, 0.2) is 35.2 Å². The van der Waals surface area contributed by atoms with Crippen LogP contribution in [-0.4, -0.2) is 47.6 Å². The fourth-order valence-electron chi connectivity index (χ4n) is 3.90. The molecule has 0 spiro atoms. The number of nitrogens with one attached hydrogen (secondary N) is 1. The van der Waals surface area contributed by atoms with Crippen LogP contribution < -0.4 is 4.72 Å². The van der Waals surface area contributed by atoms with Gasteiger partial charge in [0.2, 0.25) is 0 Å². The number of aryl methyl sites for hydroxylation is 1. The third-order valence-corrected chi connectivity index (χ3v) is 8.59. The van der Waals surface area contributed by atoms with Crippen LogP contribution in [-0.2, 0) is 17.1 Å². The van der Waals surface area contributed by atoms with E-state index in [9.17, 15) is 18.0 Å². The van der Waals surface area contributed by atoms with Crippen LogP contribution in [0.25, 0.3) is 10.7 Å². The van der Waals surface area contributed by atoms with Gasteiger partial charge in [-0.1, -0.05) is 0 Å². The number of benzene rings is 1. The summed E-state index contributed by atoms with van der Waals surface area (Å²) in [5.74, 6) is -0.0996. The Balaban J connectivity index is 1.64. The molecule has 0 bridgehead atoms. The monoisotopic (exact) mass is 486 g/mol. The summed E-state index contributed by atoms with van der Waals surface area (Å²) in [7, 11) is -2.09. The Morgan fingerprint density at radius 2 is 1.73 bits per heavy atom. The molecule has 1 fully saturated rings. The molecule has 0 atom stereocenters. The van der Waals surface area contributed by atoms with Gasteiger partial charge in [-0.05, 0) is 63.9 Å². The van der Waals surface area contributed by atoms with Crippen molar-refractivity contribution in [3.8, 4) is 10.7 Å². The van der Waals surface area contributed by atoms with Crippen molar-refractivity contribution >= 4 is 38.7 Å². The number of ketones is 1. The second-order valence-corrected chi connectivity index (χ2v) is 10.9. The predicted octanol–water partition coefficient (Wildman–Crippen LogP) is 4.00. The quantitative estimate of drug-likeness (QED) is 0.531. The summed E-state index contributed by atoms with van der Waals surface area (Å²) in [4.78, 5) is 31.5. The van der Waals surface area contributed by atoms with Crippen molar-refractivity contribution in [3.05, 3.63) is 52.2 Å². The van der Waals surface area contributed by atoms with Crippen LogP contribution in [0.3, 0.4) is 0 Å². The number of likely N-dealkylation sites (tertiary alicyclic amines) is 1. The van der Waals surface area contributed by atoms with E-state index in [0.29, 0.717) is 38.2 Å². The normalized spacial score (nSPS) is 14.0. The summed E-state index contributed by atoms with van der Waals surface area (Å²) in [5, 5.41) is 0.605. The molecule has 2 aromatic heterocycles. The number of amides is 1. The predicted molar refractivity (Wildman–Crippen MR) is 128 cm³/mol. The SMILES string of the molecule is CC(=O)c1ccc(NS(=O)(=O)c2cc(-c3nc(C)c(C(=O)N4CCCC4)s3)n(C)c2C)cc1. The molecule has 0 radical (unpaired) electrons. The minimum atomic E-state index is -3.87.